The summed E-state index contributed by atoms with van der Waals surface area (Å²) in [5, 5.41) is 0.501. The monoisotopic (exact) mass is 434 g/mol. The number of β-lactam (4-membered cyclic amide) rings is 1. The van der Waals surface area contributed by atoms with Gasteiger partial charge in [0.1, 0.15) is 12.1 Å². The van der Waals surface area contributed by atoms with Crippen LogP contribution in [0.1, 0.15) is 16.7 Å². The predicted octanol–water partition coefficient (Wildman–Crippen LogP) is 2.95. The molecule has 0 aliphatic carbocycles. The molecule has 2 aliphatic rings. The number of ether oxygens (including phenoxy) is 1. The number of anilines is 1. The smallest absolute Gasteiger partial charge is 0.317 e. The molecule has 2 aliphatic heterocycles. The first-order chi connectivity index (χ1) is 14.9. The molecule has 3 heterocycles. The summed E-state index contributed by atoms with van der Waals surface area (Å²) in [5.41, 5.74) is 2.04. The highest BCUT2D eigenvalue weighted by molar-refractivity contribution is 6.30. The van der Waals surface area contributed by atoms with Crippen molar-refractivity contribution in [3.8, 4) is 6.01 Å². The van der Waals surface area contributed by atoms with Crippen LogP contribution in [0.15, 0.2) is 60.9 Å². The molecule has 0 N–H and O–H groups in total. The number of halogens is 1. The number of nitrogens with zero attached hydrogens (tertiary/aromatic N) is 4. The fourth-order valence-corrected chi connectivity index (χ4v) is 4.55. The van der Waals surface area contributed by atoms with E-state index in [4.69, 9.17) is 16.3 Å². The van der Waals surface area contributed by atoms with Crippen LogP contribution in [0.25, 0.3) is 0 Å². The molecule has 0 radical (unpaired) electrons. The van der Waals surface area contributed by atoms with E-state index in [0.717, 1.165) is 16.7 Å². The standard InChI is InChI=1S/C23H19ClN4O3/c1-14-11-25-22(26-12-14)31-20-21(30)28-13-19(29)27(2)18-9-8-16(24)10-17(18)23(20,28)15-6-4-3-5-7-15/h3-12,20H,13H2,1-2H3. The fraction of sp³-hybridized carbons (Fsp3) is 0.217. The molecule has 2 aromatic carbocycles. The number of hydrogen-bond acceptors (Lipinski definition) is 5. The third-order valence-corrected chi connectivity index (χ3v) is 6.12. The number of aromatic nitrogens is 2. The highest BCUT2D eigenvalue weighted by Gasteiger charge is 2.66. The van der Waals surface area contributed by atoms with Crippen molar-refractivity contribution in [2.45, 2.75) is 18.6 Å². The first-order valence-electron chi connectivity index (χ1n) is 9.82. The Balaban J connectivity index is 1.76. The Bertz CT molecular complexity index is 1190. The van der Waals surface area contributed by atoms with Gasteiger partial charge >= 0.3 is 6.01 Å². The highest BCUT2D eigenvalue weighted by atomic mass is 35.5. The van der Waals surface area contributed by atoms with Gasteiger partial charge in [0.05, 0.1) is 0 Å². The van der Waals surface area contributed by atoms with Gasteiger partial charge in [-0.25, -0.2) is 9.97 Å². The number of carbonyl (C=O) groups is 2. The van der Waals surface area contributed by atoms with Crippen LogP contribution in [0.4, 0.5) is 5.69 Å². The lowest BCUT2D eigenvalue weighted by Gasteiger charge is -2.55. The molecule has 156 valence electrons. The van der Waals surface area contributed by atoms with E-state index in [9.17, 15) is 9.59 Å². The van der Waals surface area contributed by atoms with E-state index in [1.807, 2.05) is 37.3 Å². The van der Waals surface area contributed by atoms with Gasteiger partial charge in [-0.1, -0.05) is 41.9 Å². The van der Waals surface area contributed by atoms with Gasteiger partial charge in [-0.2, -0.15) is 0 Å². The Labute approximate surface area is 184 Å². The van der Waals surface area contributed by atoms with E-state index in [2.05, 4.69) is 9.97 Å². The molecule has 1 fully saturated rings. The zero-order valence-electron chi connectivity index (χ0n) is 16.9. The van der Waals surface area contributed by atoms with Crippen molar-refractivity contribution >= 4 is 29.1 Å². The van der Waals surface area contributed by atoms with E-state index in [1.54, 1.807) is 47.4 Å². The molecule has 7 nitrogen and oxygen atoms in total. The first-order valence-corrected chi connectivity index (χ1v) is 10.2. The molecular formula is C23H19ClN4O3. The molecule has 0 spiro atoms. The Morgan fingerprint density at radius 1 is 1.10 bits per heavy atom. The van der Waals surface area contributed by atoms with E-state index in [1.165, 1.54) is 0 Å². The van der Waals surface area contributed by atoms with Crippen LogP contribution in [-0.2, 0) is 15.1 Å². The maximum Gasteiger partial charge on any atom is 0.317 e. The third-order valence-electron chi connectivity index (χ3n) is 5.89. The summed E-state index contributed by atoms with van der Waals surface area (Å²) >= 11 is 6.39. The normalized spacial score (nSPS) is 22.4. The Morgan fingerprint density at radius 2 is 1.81 bits per heavy atom. The zero-order chi connectivity index (χ0) is 21.8. The number of rotatable bonds is 3. The van der Waals surface area contributed by atoms with Gasteiger partial charge in [-0.15, -0.1) is 0 Å². The molecule has 1 aromatic heterocycles. The Morgan fingerprint density at radius 3 is 2.52 bits per heavy atom. The maximum atomic E-state index is 13.3. The number of fused-ring (bicyclic) bond motifs is 3. The predicted molar refractivity (Wildman–Crippen MR) is 115 cm³/mol. The molecule has 8 heteroatoms. The quantitative estimate of drug-likeness (QED) is 0.592. The van der Waals surface area contributed by atoms with Crippen molar-refractivity contribution in [2.24, 2.45) is 0 Å². The van der Waals surface area contributed by atoms with Gasteiger partial charge in [0, 0.05) is 35.7 Å². The van der Waals surface area contributed by atoms with Crippen molar-refractivity contribution in [1.82, 2.24) is 14.9 Å². The summed E-state index contributed by atoms with van der Waals surface area (Å²) < 4.78 is 6.08. The molecular weight excluding hydrogens is 416 g/mol. The van der Waals surface area contributed by atoms with Gasteiger partial charge in [-0.3, -0.25) is 9.59 Å². The summed E-state index contributed by atoms with van der Waals surface area (Å²) in [6, 6.07) is 15.0. The second-order valence-corrected chi connectivity index (χ2v) is 8.15. The van der Waals surface area contributed by atoms with Crippen molar-refractivity contribution in [3.63, 3.8) is 0 Å². The largest absolute Gasteiger partial charge is 0.447 e. The number of aryl methyl sites for hydroxylation is 1. The van der Waals surface area contributed by atoms with Crippen LogP contribution in [0.3, 0.4) is 0 Å². The lowest BCUT2D eigenvalue weighted by Crippen LogP contribution is -2.74. The minimum Gasteiger partial charge on any atom is -0.447 e. The molecule has 2 unspecified atom stereocenters. The number of benzene rings is 2. The van der Waals surface area contributed by atoms with Gasteiger partial charge in [0.25, 0.3) is 5.91 Å². The van der Waals surface area contributed by atoms with Gasteiger partial charge in [0.2, 0.25) is 12.0 Å². The van der Waals surface area contributed by atoms with Crippen LogP contribution in [0.5, 0.6) is 6.01 Å². The topological polar surface area (TPSA) is 75.6 Å². The third kappa shape index (κ3) is 2.80. The Hall–Kier alpha value is -3.45. The number of carbonyl (C=O) groups excluding carboxylic acids is 2. The number of amides is 2. The van der Waals surface area contributed by atoms with E-state index in [0.29, 0.717) is 10.7 Å². The summed E-state index contributed by atoms with van der Waals surface area (Å²) in [7, 11) is 1.70. The van der Waals surface area contributed by atoms with Crippen molar-refractivity contribution < 1.29 is 14.3 Å². The van der Waals surface area contributed by atoms with Gasteiger partial charge in [-0.05, 0) is 36.2 Å². The van der Waals surface area contributed by atoms with E-state index in [-0.39, 0.29) is 24.4 Å². The van der Waals surface area contributed by atoms with Gasteiger partial charge < -0.3 is 14.5 Å². The molecule has 1 saturated heterocycles. The molecule has 0 bridgehead atoms. The van der Waals surface area contributed by atoms with Crippen LogP contribution >= 0.6 is 11.6 Å². The van der Waals surface area contributed by atoms with Crippen molar-refractivity contribution in [2.75, 3.05) is 18.5 Å². The molecule has 2 atom stereocenters. The van der Waals surface area contributed by atoms with Crippen LogP contribution in [-0.4, -0.2) is 46.4 Å². The van der Waals surface area contributed by atoms with E-state index >= 15 is 0 Å². The fourth-order valence-electron chi connectivity index (χ4n) is 4.38. The summed E-state index contributed by atoms with van der Waals surface area (Å²) in [5.74, 6) is -0.498. The minimum atomic E-state index is -1.05. The zero-order valence-corrected chi connectivity index (χ0v) is 17.7. The second kappa shape index (κ2) is 7.06. The van der Waals surface area contributed by atoms with Crippen LogP contribution in [0, 0.1) is 6.92 Å². The lowest BCUT2D eigenvalue weighted by atomic mass is 9.69. The summed E-state index contributed by atoms with van der Waals surface area (Å²) in [6.45, 7) is 1.79. The molecule has 31 heavy (non-hydrogen) atoms. The maximum absolute atomic E-state index is 13.3. The highest BCUT2D eigenvalue weighted by Crippen LogP contribution is 2.53. The number of hydrogen-bond donors (Lipinski definition) is 0. The lowest BCUT2D eigenvalue weighted by molar-refractivity contribution is -0.178. The molecule has 3 aromatic rings. The van der Waals surface area contributed by atoms with E-state index < -0.39 is 11.6 Å². The SMILES string of the molecule is Cc1cnc(OC2C(=O)N3CC(=O)N(C)c4ccc(Cl)cc4C23c2ccccc2)nc1. The average Bonchev–Trinajstić information content (AvgIpc) is 2.86. The summed E-state index contributed by atoms with van der Waals surface area (Å²) in [6.07, 6.45) is 2.32. The summed E-state index contributed by atoms with van der Waals surface area (Å²) in [4.78, 5) is 37.7. The van der Waals surface area contributed by atoms with Crippen molar-refractivity contribution in [3.05, 3.63) is 82.6 Å². The van der Waals surface area contributed by atoms with Crippen LogP contribution in [0.2, 0.25) is 5.02 Å². The number of likely N-dealkylation sites (N-methyl/N-ethyl adjacent to an activating group) is 1. The molecule has 0 saturated carbocycles. The van der Waals surface area contributed by atoms with Crippen LogP contribution < -0.4 is 9.64 Å². The molecule has 5 rings (SSSR count). The second-order valence-electron chi connectivity index (χ2n) is 7.71. The average molecular weight is 435 g/mol. The molecule has 2 amide bonds. The van der Waals surface area contributed by atoms with Gasteiger partial charge in [0.15, 0.2) is 0 Å². The minimum absolute atomic E-state index is 0.0782. The Kier molecular flexibility index (Phi) is 4.44. The van der Waals surface area contributed by atoms with Crippen molar-refractivity contribution in [1.29, 1.82) is 0 Å². The first kappa shape index (κ1) is 19.5.